The van der Waals surface area contributed by atoms with Crippen LogP contribution in [0.3, 0.4) is 0 Å². The highest BCUT2D eigenvalue weighted by Gasteiger charge is 2.19. The van der Waals surface area contributed by atoms with Crippen molar-refractivity contribution in [2.45, 2.75) is 11.8 Å². The van der Waals surface area contributed by atoms with Gasteiger partial charge in [-0.15, -0.1) is 0 Å². The van der Waals surface area contributed by atoms with E-state index < -0.39 is 21.1 Å². The predicted octanol–water partition coefficient (Wildman–Crippen LogP) is 1.68. The molecule has 2 aromatic carbocycles. The number of H-pyrrole nitrogens is 1. The molecule has 1 saturated heterocycles. The number of aromatic amines is 1. The molecule has 11 nitrogen and oxygen atoms in total. The van der Waals surface area contributed by atoms with Gasteiger partial charge in [-0.05, 0) is 49.9 Å². The maximum Gasteiger partial charge on any atom is 0.334 e. The predicted molar refractivity (Wildman–Crippen MR) is 143 cm³/mol. The Bertz CT molecular complexity index is 1720. The van der Waals surface area contributed by atoms with Crippen molar-refractivity contribution in [3.8, 4) is 5.69 Å². The second kappa shape index (κ2) is 9.45. The van der Waals surface area contributed by atoms with Crippen LogP contribution < -0.4 is 21.5 Å². The summed E-state index contributed by atoms with van der Waals surface area (Å²) >= 11 is 0. The first-order chi connectivity index (χ1) is 17.6. The number of hydrogen-bond donors (Lipinski definition) is 2. The van der Waals surface area contributed by atoms with Crippen LogP contribution in [0.4, 0.5) is 17.3 Å². The Labute approximate surface area is 213 Å². The molecule has 2 N–H and O–H groups in total. The Kier molecular flexibility index (Phi) is 6.30. The van der Waals surface area contributed by atoms with Crippen molar-refractivity contribution in [1.82, 2.24) is 24.4 Å². The van der Waals surface area contributed by atoms with E-state index in [1.54, 1.807) is 6.07 Å². The second-order valence-electron chi connectivity index (χ2n) is 9.18. The molecule has 0 saturated carbocycles. The van der Waals surface area contributed by atoms with Crippen LogP contribution in [0.15, 0.2) is 63.1 Å². The molecule has 5 rings (SSSR count). The van der Waals surface area contributed by atoms with Gasteiger partial charge in [0.1, 0.15) is 5.39 Å². The number of anilines is 3. The van der Waals surface area contributed by atoms with Crippen molar-refractivity contribution >= 4 is 38.2 Å². The van der Waals surface area contributed by atoms with Crippen molar-refractivity contribution in [3.63, 3.8) is 0 Å². The fourth-order valence-electron chi connectivity index (χ4n) is 4.50. The summed E-state index contributed by atoms with van der Waals surface area (Å²) in [5.74, 6) is 0.212. The normalized spacial score (nSPS) is 14.7. The number of likely N-dealkylation sites (N-methyl/N-ethyl adjacent to an activating group) is 1. The number of aromatic nitrogens is 4. The summed E-state index contributed by atoms with van der Waals surface area (Å²) in [6.07, 6.45) is 2.33. The third-order valence-corrected chi connectivity index (χ3v) is 7.60. The summed E-state index contributed by atoms with van der Waals surface area (Å²) in [6, 6.07) is 11.8. The first-order valence-electron chi connectivity index (χ1n) is 11.7. The molecule has 0 radical (unpaired) electrons. The largest absolute Gasteiger partial charge is 0.369 e. The summed E-state index contributed by atoms with van der Waals surface area (Å²) in [5.41, 5.74) is 1.56. The number of para-hydroxylation sites is 1. The van der Waals surface area contributed by atoms with Gasteiger partial charge in [-0.2, -0.15) is 4.98 Å². The molecule has 0 unspecified atom stereocenters. The topological polar surface area (TPSA) is 133 Å². The lowest BCUT2D eigenvalue weighted by Gasteiger charge is -2.35. The van der Waals surface area contributed by atoms with E-state index in [1.165, 1.54) is 30.1 Å². The van der Waals surface area contributed by atoms with Crippen molar-refractivity contribution in [3.05, 3.63) is 75.1 Å². The van der Waals surface area contributed by atoms with E-state index in [0.717, 1.165) is 48.3 Å². The number of rotatable bonds is 5. The van der Waals surface area contributed by atoms with Crippen LogP contribution in [0.25, 0.3) is 16.7 Å². The zero-order chi connectivity index (χ0) is 26.3. The minimum atomic E-state index is -3.69. The number of piperazine rings is 1. The molecule has 0 amide bonds. The lowest BCUT2D eigenvalue weighted by molar-refractivity contribution is 0.312. The van der Waals surface area contributed by atoms with E-state index in [9.17, 15) is 18.0 Å². The number of nitrogens with one attached hydrogen (secondary N) is 2. The van der Waals surface area contributed by atoms with Crippen LogP contribution in [0.2, 0.25) is 0 Å². The molecular formula is C25H27N7O4S. The molecule has 37 heavy (non-hydrogen) atoms. The zero-order valence-electron chi connectivity index (χ0n) is 20.7. The third kappa shape index (κ3) is 4.85. The van der Waals surface area contributed by atoms with E-state index >= 15 is 0 Å². The van der Waals surface area contributed by atoms with Crippen LogP contribution in [-0.2, 0) is 9.84 Å². The first-order valence-corrected chi connectivity index (χ1v) is 13.6. The summed E-state index contributed by atoms with van der Waals surface area (Å²) in [5, 5.41) is 3.18. The van der Waals surface area contributed by atoms with Gasteiger partial charge in [0, 0.05) is 50.0 Å². The molecule has 1 aliphatic heterocycles. The average Bonchev–Trinajstić information content (AvgIpc) is 2.84. The van der Waals surface area contributed by atoms with Gasteiger partial charge in [-0.1, -0.05) is 12.1 Å². The number of benzene rings is 2. The van der Waals surface area contributed by atoms with E-state index in [1.807, 2.05) is 19.1 Å². The maximum atomic E-state index is 13.2. The van der Waals surface area contributed by atoms with Crippen LogP contribution in [0.1, 0.15) is 5.56 Å². The van der Waals surface area contributed by atoms with Gasteiger partial charge in [0.05, 0.1) is 10.6 Å². The molecule has 4 aromatic rings. The van der Waals surface area contributed by atoms with Gasteiger partial charge in [-0.3, -0.25) is 9.78 Å². The smallest absolute Gasteiger partial charge is 0.334 e. The molecule has 0 bridgehead atoms. The van der Waals surface area contributed by atoms with Gasteiger partial charge in [0.2, 0.25) is 5.95 Å². The van der Waals surface area contributed by atoms with Gasteiger partial charge < -0.3 is 15.1 Å². The fourth-order valence-corrected chi connectivity index (χ4v) is 5.37. The van der Waals surface area contributed by atoms with Crippen LogP contribution in [0, 0.1) is 6.92 Å². The van der Waals surface area contributed by atoms with Crippen LogP contribution >= 0.6 is 0 Å². The summed E-state index contributed by atoms with van der Waals surface area (Å²) in [4.78, 5) is 41.8. The Morgan fingerprint density at radius 2 is 1.73 bits per heavy atom. The minimum Gasteiger partial charge on any atom is -0.369 e. The fraction of sp³-hybridized carbons (Fsp3) is 0.280. The van der Waals surface area contributed by atoms with Crippen LogP contribution in [-0.4, -0.2) is 72.3 Å². The van der Waals surface area contributed by atoms with E-state index in [0.29, 0.717) is 0 Å². The molecule has 1 fully saturated rings. The molecule has 0 aliphatic carbocycles. The highest BCUT2D eigenvalue weighted by molar-refractivity contribution is 7.90. The number of aryl methyl sites for hydroxylation is 1. The average molecular weight is 522 g/mol. The van der Waals surface area contributed by atoms with Crippen molar-refractivity contribution < 1.29 is 8.42 Å². The summed E-state index contributed by atoms with van der Waals surface area (Å²) in [6.45, 7) is 6.03. The Morgan fingerprint density at radius 3 is 2.43 bits per heavy atom. The third-order valence-electron chi connectivity index (χ3n) is 6.45. The molecule has 12 heteroatoms. The Morgan fingerprint density at radius 1 is 1.00 bits per heavy atom. The number of sulfone groups is 1. The van der Waals surface area contributed by atoms with E-state index in [2.05, 4.69) is 43.2 Å². The van der Waals surface area contributed by atoms with Gasteiger partial charge >= 0.3 is 5.69 Å². The standard InChI is InChI=1S/C25H27N7O4S/c1-16-14-17(8-9-19(16)31-12-10-30(2)11-13-31)27-24-26-15-18-22(28-24)29-25(34)32(23(18)33)20-6-4-5-7-21(20)37(3,35)36/h4-9,14-15H,10-13H2,1-3H3,(H2,26,27,28,29,34). The molecule has 0 spiro atoms. The number of fused-ring (bicyclic) bond motifs is 1. The maximum absolute atomic E-state index is 13.2. The van der Waals surface area contributed by atoms with Crippen LogP contribution in [0.5, 0.6) is 0 Å². The second-order valence-corrected chi connectivity index (χ2v) is 11.2. The van der Waals surface area contributed by atoms with E-state index in [-0.39, 0.29) is 27.6 Å². The van der Waals surface area contributed by atoms with Gasteiger partial charge in [-0.25, -0.2) is 22.8 Å². The highest BCUT2D eigenvalue weighted by atomic mass is 32.2. The van der Waals surface area contributed by atoms with Gasteiger partial charge in [0.15, 0.2) is 15.5 Å². The number of hydrogen-bond acceptors (Lipinski definition) is 9. The number of nitrogens with zero attached hydrogens (tertiary/aromatic N) is 5. The highest BCUT2D eigenvalue weighted by Crippen LogP contribution is 2.26. The van der Waals surface area contributed by atoms with Crippen molar-refractivity contribution in [2.75, 3.05) is 49.7 Å². The lowest BCUT2D eigenvalue weighted by atomic mass is 10.1. The SMILES string of the molecule is Cc1cc(Nc2ncc3c(=O)n(-c4ccccc4S(C)(=O)=O)c(=O)[nH]c3n2)ccc1N1CCN(C)CC1. The Hall–Kier alpha value is -4.03. The first kappa shape index (κ1) is 24.7. The van der Waals surface area contributed by atoms with Gasteiger partial charge in [0.25, 0.3) is 5.56 Å². The van der Waals surface area contributed by atoms with Crippen molar-refractivity contribution in [2.24, 2.45) is 0 Å². The molecule has 192 valence electrons. The molecule has 3 heterocycles. The zero-order valence-corrected chi connectivity index (χ0v) is 21.5. The molecule has 2 aromatic heterocycles. The monoisotopic (exact) mass is 521 g/mol. The van der Waals surface area contributed by atoms with Crippen molar-refractivity contribution in [1.29, 1.82) is 0 Å². The summed E-state index contributed by atoms with van der Waals surface area (Å²) < 4.78 is 25.2. The Balaban J connectivity index is 1.47. The summed E-state index contributed by atoms with van der Waals surface area (Å²) in [7, 11) is -1.56. The minimum absolute atomic E-state index is 0.0312. The molecule has 0 atom stereocenters. The lowest BCUT2D eigenvalue weighted by Crippen LogP contribution is -2.44. The molecular weight excluding hydrogens is 494 g/mol. The molecule has 1 aliphatic rings. The quantitative estimate of drug-likeness (QED) is 0.402. The van der Waals surface area contributed by atoms with E-state index in [4.69, 9.17) is 0 Å².